The van der Waals surface area contributed by atoms with Crippen molar-refractivity contribution in [2.24, 2.45) is 0 Å². The minimum atomic E-state index is 0.812. The summed E-state index contributed by atoms with van der Waals surface area (Å²) in [6.07, 6.45) is 1.18. The van der Waals surface area contributed by atoms with Crippen molar-refractivity contribution in [3.05, 3.63) is 42.0 Å². The fourth-order valence-electron chi connectivity index (χ4n) is 3.26. The first-order chi connectivity index (χ1) is 13.7. The first kappa shape index (κ1) is 21.8. The van der Waals surface area contributed by atoms with Crippen LogP contribution in [0.3, 0.4) is 0 Å². The van der Waals surface area contributed by atoms with Gasteiger partial charge >= 0.3 is 0 Å². The number of benzene rings is 2. The van der Waals surface area contributed by atoms with Gasteiger partial charge in [0.2, 0.25) is 0 Å². The monoisotopic (exact) mass is 381 g/mol. The molecule has 1 fully saturated rings. The zero-order valence-corrected chi connectivity index (χ0v) is 18.0. The topological polar surface area (TPSA) is 70.0 Å². The Morgan fingerprint density at radius 1 is 0.964 bits per heavy atom. The van der Waals surface area contributed by atoms with Gasteiger partial charge in [-0.1, -0.05) is 27.7 Å². The molecule has 1 aliphatic heterocycles. The maximum absolute atomic E-state index is 5.92. The molecular weight excluding hydrogens is 346 g/mol. The third kappa shape index (κ3) is 5.04. The summed E-state index contributed by atoms with van der Waals surface area (Å²) in [5.41, 5.74) is 12.2. The summed E-state index contributed by atoms with van der Waals surface area (Å²) in [4.78, 5) is 10.6. The second kappa shape index (κ2) is 10.7. The first-order valence-corrected chi connectivity index (χ1v) is 10.5. The van der Waals surface area contributed by atoms with Gasteiger partial charge in [0.15, 0.2) is 0 Å². The number of nitrogens with one attached hydrogen (secondary N) is 2. The van der Waals surface area contributed by atoms with E-state index in [1.54, 1.807) is 0 Å². The highest BCUT2D eigenvalue weighted by atomic mass is 15.2. The van der Waals surface area contributed by atoms with E-state index in [-0.39, 0.29) is 0 Å². The summed E-state index contributed by atoms with van der Waals surface area (Å²) in [5.74, 6) is 0.891. The van der Waals surface area contributed by atoms with Crippen molar-refractivity contribution in [3.63, 3.8) is 0 Å². The van der Waals surface area contributed by atoms with Crippen molar-refractivity contribution in [2.45, 2.75) is 41.0 Å². The van der Waals surface area contributed by atoms with Gasteiger partial charge in [-0.2, -0.15) is 0 Å². The Morgan fingerprint density at radius 2 is 1.75 bits per heavy atom. The van der Waals surface area contributed by atoms with Gasteiger partial charge in [0, 0.05) is 36.6 Å². The molecule has 0 unspecified atom stereocenters. The molecule has 0 saturated carbocycles. The number of nitrogen functional groups attached to an aromatic ring is 1. The molecular formula is C23H35N5. The van der Waals surface area contributed by atoms with E-state index >= 15 is 0 Å². The molecule has 152 valence electrons. The van der Waals surface area contributed by atoms with Crippen molar-refractivity contribution in [1.82, 2.24) is 15.3 Å². The van der Waals surface area contributed by atoms with Crippen molar-refractivity contribution in [1.29, 1.82) is 0 Å². The summed E-state index contributed by atoms with van der Waals surface area (Å²) >= 11 is 0. The molecule has 4 rings (SSSR count). The molecule has 4 N–H and O–H groups in total. The number of nitrogens with zero attached hydrogens (tertiary/aromatic N) is 2. The van der Waals surface area contributed by atoms with Gasteiger partial charge in [0.1, 0.15) is 5.82 Å². The Bertz CT molecular complexity index is 861. The van der Waals surface area contributed by atoms with Gasteiger partial charge in [-0.25, -0.2) is 4.98 Å². The maximum Gasteiger partial charge on any atom is 0.138 e. The third-order valence-corrected chi connectivity index (χ3v) is 4.71. The lowest BCUT2D eigenvalue weighted by molar-refractivity contribution is 0.724. The Hall–Kier alpha value is -2.53. The number of aryl methyl sites for hydroxylation is 1. The molecule has 0 amide bonds. The highest BCUT2D eigenvalue weighted by molar-refractivity contribution is 5.83. The lowest BCUT2D eigenvalue weighted by Gasteiger charge is -2.22. The van der Waals surface area contributed by atoms with Crippen molar-refractivity contribution >= 4 is 22.4 Å². The normalized spacial score (nSPS) is 13.8. The molecule has 5 heteroatoms. The van der Waals surface area contributed by atoms with Gasteiger partial charge < -0.3 is 20.9 Å². The number of hydrogen-bond donors (Lipinski definition) is 3. The van der Waals surface area contributed by atoms with E-state index < -0.39 is 0 Å². The molecule has 0 radical (unpaired) electrons. The van der Waals surface area contributed by atoms with Crippen LogP contribution in [0.2, 0.25) is 0 Å². The number of fused-ring (bicyclic) bond motifs is 1. The summed E-state index contributed by atoms with van der Waals surface area (Å²) in [5, 5.41) is 3.45. The van der Waals surface area contributed by atoms with E-state index in [1.165, 1.54) is 12.1 Å². The molecule has 0 spiro atoms. The quantitative estimate of drug-likeness (QED) is 0.548. The number of anilines is 2. The summed E-state index contributed by atoms with van der Waals surface area (Å²) in [7, 11) is 0. The van der Waals surface area contributed by atoms with Crippen LogP contribution in [-0.2, 0) is 0 Å². The summed E-state index contributed by atoms with van der Waals surface area (Å²) in [6.45, 7) is 14.3. The Kier molecular flexibility index (Phi) is 8.33. The average Bonchev–Trinajstić information content (AvgIpc) is 2.98. The molecule has 3 aromatic rings. The molecule has 2 heterocycles. The zero-order valence-electron chi connectivity index (χ0n) is 18.0. The van der Waals surface area contributed by atoms with E-state index in [0.717, 1.165) is 59.9 Å². The van der Waals surface area contributed by atoms with Crippen LogP contribution in [0.25, 0.3) is 22.4 Å². The summed E-state index contributed by atoms with van der Waals surface area (Å²) in [6, 6.07) is 12.5. The Balaban J connectivity index is 0.000000660. The van der Waals surface area contributed by atoms with Gasteiger partial charge in [-0.15, -0.1) is 0 Å². The molecule has 0 atom stereocenters. The van der Waals surface area contributed by atoms with E-state index in [9.17, 15) is 0 Å². The van der Waals surface area contributed by atoms with Gasteiger partial charge in [0.05, 0.1) is 11.0 Å². The highest BCUT2D eigenvalue weighted by Crippen LogP contribution is 2.26. The van der Waals surface area contributed by atoms with Crippen molar-refractivity contribution in [2.75, 3.05) is 36.8 Å². The number of imidazole rings is 1. The minimum absolute atomic E-state index is 0.812. The summed E-state index contributed by atoms with van der Waals surface area (Å²) < 4.78 is 0. The van der Waals surface area contributed by atoms with Crippen molar-refractivity contribution < 1.29 is 0 Å². The van der Waals surface area contributed by atoms with Crippen LogP contribution in [-0.4, -0.2) is 36.1 Å². The lowest BCUT2D eigenvalue weighted by Crippen LogP contribution is -2.27. The number of rotatable bonds is 2. The average molecular weight is 382 g/mol. The molecule has 2 aromatic carbocycles. The standard InChI is InChI=1S/C19H23N5.2C2H6/c1-13-11-14(3-5-16(13)20)19-22-17-6-4-15(12-18(17)23-19)24-9-2-7-21-8-10-24;2*1-2/h3-6,11-12,21H,2,7-10,20H2,1H3,(H,22,23);2*1-2H3. The second-order valence-corrected chi connectivity index (χ2v) is 6.45. The van der Waals surface area contributed by atoms with Crippen LogP contribution in [0.1, 0.15) is 39.7 Å². The van der Waals surface area contributed by atoms with E-state index in [0.29, 0.717) is 0 Å². The molecule has 5 nitrogen and oxygen atoms in total. The first-order valence-electron chi connectivity index (χ1n) is 10.5. The lowest BCUT2D eigenvalue weighted by atomic mass is 10.1. The van der Waals surface area contributed by atoms with Gasteiger partial charge in [-0.3, -0.25) is 0 Å². The highest BCUT2D eigenvalue weighted by Gasteiger charge is 2.12. The maximum atomic E-state index is 5.92. The fourth-order valence-corrected chi connectivity index (χ4v) is 3.26. The number of hydrogen-bond acceptors (Lipinski definition) is 4. The van der Waals surface area contributed by atoms with Crippen LogP contribution in [0.5, 0.6) is 0 Å². The van der Waals surface area contributed by atoms with Crippen molar-refractivity contribution in [3.8, 4) is 11.4 Å². The van der Waals surface area contributed by atoms with E-state index in [1.807, 2.05) is 46.8 Å². The largest absolute Gasteiger partial charge is 0.399 e. The number of aromatic nitrogens is 2. The molecule has 1 saturated heterocycles. The minimum Gasteiger partial charge on any atom is -0.399 e. The van der Waals surface area contributed by atoms with Gasteiger partial charge in [0.25, 0.3) is 0 Å². The van der Waals surface area contributed by atoms with Gasteiger partial charge in [-0.05, 0) is 61.9 Å². The number of H-pyrrole nitrogens is 1. The van der Waals surface area contributed by atoms with Crippen LogP contribution in [0.4, 0.5) is 11.4 Å². The van der Waals surface area contributed by atoms with E-state index in [4.69, 9.17) is 10.7 Å². The molecule has 28 heavy (non-hydrogen) atoms. The number of nitrogens with two attached hydrogens (primary N) is 1. The zero-order chi connectivity index (χ0) is 20.5. The predicted octanol–water partition coefficient (Wildman–Crippen LogP) is 4.97. The molecule has 0 aliphatic carbocycles. The molecule has 1 aromatic heterocycles. The predicted molar refractivity (Wildman–Crippen MR) is 123 cm³/mol. The second-order valence-electron chi connectivity index (χ2n) is 6.45. The SMILES string of the molecule is CC.CC.Cc1cc(-c2nc3ccc(N4CCCNCC4)cc3[nH]2)ccc1N. The van der Waals surface area contributed by atoms with E-state index in [2.05, 4.69) is 39.5 Å². The van der Waals surface area contributed by atoms with Crippen LogP contribution in [0, 0.1) is 6.92 Å². The molecule has 0 bridgehead atoms. The molecule has 1 aliphatic rings. The van der Waals surface area contributed by atoms with Crippen LogP contribution >= 0.6 is 0 Å². The Labute approximate surface area is 169 Å². The van der Waals surface area contributed by atoms with Crippen LogP contribution in [0.15, 0.2) is 36.4 Å². The number of aromatic amines is 1. The third-order valence-electron chi connectivity index (χ3n) is 4.71. The smallest absolute Gasteiger partial charge is 0.138 e. The fraction of sp³-hybridized carbons (Fsp3) is 0.435. The van der Waals surface area contributed by atoms with Crippen LogP contribution < -0.4 is 16.0 Å². The Morgan fingerprint density at radius 3 is 2.50 bits per heavy atom.